The topological polar surface area (TPSA) is 18.5 Å². The van der Waals surface area contributed by atoms with Crippen LogP contribution in [0.3, 0.4) is 0 Å². The molecule has 14 heavy (non-hydrogen) atoms. The Labute approximate surface area is 89.0 Å². The minimum atomic E-state index is 0.366. The minimum absolute atomic E-state index is 0.366. The first-order chi connectivity index (χ1) is 6.40. The van der Waals surface area contributed by atoms with E-state index in [0.717, 1.165) is 13.2 Å². The van der Waals surface area contributed by atoms with Crippen LogP contribution in [0.15, 0.2) is 0 Å². The van der Waals surface area contributed by atoms with Crippen molar-refractivity contribution in [3.8, 4) is 0 Å². The van der Waals surface area contributed by atoms with Crippen molar-refractivity contribution in [1.29, 1.82) is 0 Å². The molecule has 0 saturated carbocycles. The van der Waals surface area contributed by atoms with E-state index in [9.17, 15) is 0 Å². The van der Waals surface area contributed by atoms with E-state index >= 15 is 0 Å². The summed E-state index contributed by atoms with van der Waals surface area (Å²) in [6.45, 7) is 10.7. The third kappa shape index (κ3) is 6.39. The zero-order chi connectivity index (χ0) is 11.2. The van der Waals surface area contributed by atoms with Crippen molar-refractivity contribution in [3.63, 3.8) is 0 Å². The predicted molar refractivity (Wildman–Crippen MR) is 60.5 cm³/mol. The second-order valence-corrected chi connectivity index (χ2v) is 5.41. The first-order valence-electron chi connectivity index (χ1n) is 5.38. The predicted octanol–water partition coefficient (Wildman–Crippen LogP) is 2.97. The lowest BCUT2D eigenvalue weighted by atomic mass is 9.80. The largest absolute Gasteiger partial charge is 0.384 e. The Morgan fingerprint density at radius 2 is 1.50 bits per heavy atom. The fraction of sp³-hybridized carbons (Fsp3) is 1.00. The Morgan fingerprint density at radius 1 is 1.00 bits per heavy atom. The van der Waals surface area contributed by atoms with E-state index < -0.39 is 0 Å². The van der Waals surface area contributed by atoms with Crippen LogP contribution in [-0.4, -0.2) is 27.4 Å². The molecule has 2 heteroatoms. The molecule has 0 aliphatic carbocycles. The van der Waals surface area contributed by atoms with E-state index in [2.05, 4.69) is 27.7 Å². The molecule has 0 fully saturated rings. The molecule has 0 aromatic heterocycles. The fourth-order valence-corrected chi connectivity index (χ4v) is 1.82. The third-order valence-electron chi connectivity index (χ3n) is 2.49. The summed E-state index contributed by atoms with van der Waals surface area (Å²) >= 11 is 0. The van der Waals surface area contributed by atoms with Crippen molar-refractivity contribution in [1.82, 2.24) is 0 Å². The molecule has 0 aliphatic rings. The maximum absolute atomic E-state index is 5.26. The fourth-order valence-electron chi connectivity index (χ4n) is 1.82. The summed E-state index contributed by atoms with van der Waals surface area (Å²) in [7, 11) is 3.53. The van der Waals surface area contributed by atoms with Crippen LogP contribution in [0.1, 0.15) is 34.1 Å². The standard InChI is InChI=1S/C12H26O2/c1-10(8-13-5)11(9-14-6)7-12(2,3)4/h10-11H,7-9H2,1-6H3. The Morgan fingerprint density at radius 3 is 1.86 bits per heavy atom. The van der Waals surface area contributed by atoms with Crippen molar-refractivity contribution in [3.05, 3.63) is 0 Å². The lowest BCUT2D eigenvalue weighted by molar-refractivity contribution is 0.0570. The van der Waals surface area contributed by atoms with Gasteiger partial charge in [-0.05, 0) is 23.7 Å². The molecule has 2 nitrogen and oxygen atoms in total. The van der Waals surface area contributed by atoms with Crippen molar-refractivity contribution >= 4 is 0 Å². The third-order valence-corrected chi connectivity index (χ3v) is 2.49. The average Bonchev–Trinajstić information content (AvgIpc) is 2.01. The Kier molecular flexibility index (Phi) is 6.38. The highest BCUT2D eigenvalue weighted by Crippen LogP contribution is 2.29. The molecule has 86 valence electrons. The molecular weight excluding hydrogens is 176 g/mol. The number of ether oxygens (including phenoxy) is 2. The number of hydrogen-bond donors (Lipinski definition) is 0. The molecule has 0 saturated heterocycles. The summed E-state index contributed by atoms with van der Waals surface area (Å²) in [6.07, 6.45) is 1.19. The molecule has 0 N–H and O–H groups in total. The van der Waals surface area contributed by atoms with Gasteiger partial charge in [-0.2, -0.15) is 0 Å². The van der Waals surface area contributed by atoms with Gasteiger partial charge in [0.15, 0.2) is 0 Å². The quantitative estimate of drug-likeness (QED) is 0.659. The van der Waals surface area contributed by atoms with Gasteiger partial charge in [-0.3, -0.25) is 0 Å². The summed E-state index contributed by atoms with van der Waals surface area (Å²) in [6, 6.07) is 0. The van der Waals surface area contributed by atoms with Crippen LogP contribution in [0.25, 0.3) is 0 Å². The summed E-state index contributed by atoms with van der Waals surface area (Å²) in [5, 5.41) is 0. The molecule has 0 bridgehead atoms. The lowest BCUT2D eigenvalue weighted by Gasteiger charge is -2.29. The monoisotopic (exact) mass is 202 g/mol. The van der Waals surface area contributed by atoms with Crippen LogP contribution >= 0.6 is 0 Å². The number of rotatable bonds is 6. The van der Waals surface area contributed by atoms with E-state index in [0.29, 0.717) is 17.3 Å². The van der Waals surface area contributed by atoms with E-state index in [-0.39, 0.29) is 0 Å². The summed E-state index contributed by atoms with van der Waals surface area (Å²) in [5.41, 5.74) is 0.366. The average molecular weight is 202 g/mol. The van der Waals surface area contributed by atoms with Crippen molar-refractivity contribution in [2.24, 2.45) is 17.3 Å². The van der Waals surface area contributed by atoms with Gasteiger partial charge >= 0.3 is 0 Å². The summed E-state index contributed by atoms with van der Waals surface area (Å²) < 4.78 is 10.5. The van der Waals surface area contributed by atoms with Crippen LogP contribution in [0.4, 0.5) is 0 Å². The zero-order valence-electron chi connectivity index (χ0n) is 10.6. The molecule has 0 aromatic carbocycles. The molecule has 2 unspecified atom stereocenters. The van der Waals surface area contributed by atoms with E-state index in [4.69, 9.17) is 9.47 Å². The van der Waals surface area contributed by atoms with Crippen LogP contribution in [0, 0.1) is 17.3 Å². The van der Waals surface area contributed by atoms with Gasteiger partial charge in [-0.15, -0.1) is 0 Å². The van der Waals surface area contributed by atoms with Gasteiger partial charge in [0.25, 0.3) is 0 Å². The first kappa shape index (κ1) is 13.9. The second kappa shape index (κ2) is 6.41. The van der Waals surface area contributed by atoms with Gasteiger partial charge in [0.1, 0.15) is 0 Å². The van der Waals surface area contributed by atoms with Gasteiger partial charge in [0.2, 0.25) is 0 Å². The molecular formula is C12H26O2. The van der Waals surface area contributed by atoms with Gasteiger partial charge in [0.05, 0.1) is 0 Å². The Balaban J connectivity index is 4.13. The smallest absolute Gasteiger partial charge is 0.0494 e. The maximum atomic E-state index is 5.26. The van der Waals surface area contributed by atoms with Crippen LogP contribution in [0.2, 0.25) is 0 Å². The Hall–Kier alpha value is -0.0800. The number of methoxy groups -OCH3 is 2. The van der Waals surface area contributed by atoms with Crippen LogP contribution < -0.4 is 0 Å². The van der Waals surface area contributed by atoms with Gasteiger partial charge in [-0.25, -0.2) is 0 Å². The van der Waals surface area contributed by atoms with Crippen LogP contribution in [0.5, 0.6) is 0 Å². The zero-order valence-corrected chi connectivity index (χ0v) is 10.6. The van der Waals surface area contributed by atoms with Gasteiger partial charge < -0.3 is 9.47 Å². The molecule has 0 heterocycles. The van der Waals surface area contributed by atoms with Crippen molar-refractivity contribution in [2.75, 3.05) is 27.4 Å². The molecule has 0 rings (SSSR count). The highest BCUT2D eigenvalue weighted by Gasteiger charge is 2.23. The molecule has 0 amide bonds. The molecule has 2 atom stereocenters. The van der Waals surface area contributed by atoms with E-state index in [1.54, 1.807) is 14.2 Å². The minimum Gasteiger partial charge on any atom is -0.384 e. The van der Waals surface area contributed by atoms with E-state index in [1.807, 2.05) is 0 Å². The van der Waals surface area contributed by atoms with E-state index in [1.165, 1.54) is 6.42 Å². The first-order valence-corrected chi connectivity index (χ1v) is 5.38. The number of hydrogen-bond acceptors (Lipinski definition) is 2. The normalized spacial score (nSPS) is 16.7. The highest BCUT2D eigenvalue weighted by molar-refractivity contribution is 4.73. The SMILES string of the molecule is COCC(C)C(COC)CC(C)(C)C. The second-order valence-electron chi connectivity index (χ2n) is 5.41. The van der Waals surface area contributed by atoms with Crippen molar-refractivity contribution in [2.45, 2.75) is 34.1 Å². The van der Waals surface area contributed by atoms with Gasteiger partial charge in [-0.1, -0.05) is 27.7 Å². The summed E-state index contributed by atoms with van der Waals surface area (Å²) in [5.74, 6) is 1.17. The molecule has 0 spiro atoms. The maximum Gasteiger partial charge on any atom is 0.0494 e. The molecule has 0 radical (unpaired) electrons. The highest BCUT2D eigenvalue weighted by atomic mass is 16.5. The summed E-state index contributed by atoms with van der Waals surface area (Å²) in [4.78, 5) is 0. The molecule has 0 aromatic rings. The Bertz CT molecular complexity index is 138. The van der Waals surface area contributed by atoms with Crippen LogP contribution in [-0.2, 0) is 9.47 Å². The molecule has 0 aliphatic heterocycles. The lowest BCUT2D eigenvalue weighted by Crippen LogP contribution is -2.26. The van der Waals surface area contributed by atoms with Gasteiger partial charge in [0, 0.05) is 27.4 Å². The van der Waals surface area contributed by atoms with Crippen molar-refractivity contribution < 1.29 is 9.47 Å².